The molecular weight excluding hydrogens is 378 g/mol. The molecule has 6 nitrogen and oxygen atoms in total. The van der Waals surface area contributed by atoms with Crippen LogP contribution in [0.15, 0.2) is 54.6 Å². The number of carbonyl (C=O) groups is 2. The molecule has 1 heterocycles. The third-order valence-electron chi connectivity index (χ3n) is 5.76. The van der Waals surface area contributed by atoms with Crippen molar-refractivity contribution in [1.82, 2.24) is 10.2 Å². The van der Waals surface area contributed by atoms with E-state index in [1.807, 2.05) is 68.4 Å². The van der Waals surface area contributed by atoms with E-state index in [1.165, 1.54) is 0 Å². The molecule has 1 saturated heterocycles. The Bertz CT molecular complexity index is 852. The number of rotatable bonds is 7. The Balaban J connectivity index is 1.69. The first-order valence-corrected chi connectivity index (χ1v) is 10.5. The Morgan fingerprint density at radius 3 is 2.33 bits per heavy atom. The summed E-state index contributed by atoms with van der Waals surface area (Å²) in [4.78, 5) is 27.2. The maximum atomic E-state index is 12.9. The van der Waals surface area contributed by atoms with Crippen LogP contribution in [0.2, 0.25) is 0 Å². The first-order chi connectivity index (χ1) is 14.4. The molecule has 3 rings (SSSR count). The van der Waals surface area contributed by atoms with Crippen molar-refractivity contribution in [1.29, 1.82) is 0 Å². The number of hydrogen-bond acceptors (Lipinski definition) is 4. The van der Waals surface area contributed by atoms with Gasteiger partial charge in [-0.3, -0.25) is 9.59 Å². The Labute approximate surface area is 178 Å². The summed E-state index contributed by atoms with van der Waals surface area (Å²) in [7, 11) is 0. The van der Waals surface area contributed by atoms with Gasteiger partial charge in [0.15, 0.2) is 0 Å². The van der Waals surface area contributed by atoms with Crippen LogP contribution >= 0.6 is 0 Å². The summed E-state index contributed by atoms with van der Waals surface area (Å²) in [5, 5.41) is 12.8. The van der Waals surface area contributed by atoms with Gasteiger partial charge in [0.1, 0.15) is 6.04 Å². The summed E-state index contributed by atoms with van der Waals surface area (Å²) in [6.45, 7) is 4.11. The van der Waals surface area contributed by atoms with E-state index in [0.29, 0.717) is 13.0 Å². The summed E-state index contributed by atoms with van der Waals surface area (Å²) in [6.07, 6.45) is 1.37. The number of amides is 2. The number of nitrogens with two attached hydrogens (primary N) is 1. The Morgan fingerprint density at radius 1 is 1.10 bits per heavy atom. The van der Waals surface area contributed by atoms with Gasteiger partial charge in [0.25, 0.3) is 0 Å². The minimum absolute atomic E-state index is 0.00938. The Kier molecular flexibility index (Phi) is 7.24. The molecule has 1 aliphatic rings. The van der Waals surface area contributed by atoms with Crippen molar-refractivity contribution in [3.05, 3.63) is 60.2 Å². The van der Waals surface area contributed by atoms with E-state index in [9.17, 15) is 14.7 Å². The van der Waals surface area contributed by atoms with Crippen molar-refractivity contribution in [2.75, 3.05) is 13.2 Å². The molecule has 3 atom stereocenters. The zero-order valence-electron chi connectivity index (χ0n) is 17.6. The molecule has 0 aromatic heterocycles. The van der Waals surface area contributed by atoms with Gasteiger partial charge in [-0.15, -0.1) is 0 Å². The topological polar surface area (TPSA) is 95.7 Å². The number of carbonyl (C=O) groups excluding carboxylic acids is 2. The highest BCUT2D eigenvalue weighted by Crippen LogP contribution is 2.24. The van der Waals surface area contributed by atoms with Gasteiger partial charge in [0.2, 0.25) is 11.8 Å². The second kappa shape index (κ2) is 9.87. The van der Waals surface area contributed by atoms with Crippen LogP contribution in [-0.2, 0) is 9.59 Å². The van der Waals surface area contributed by atoms with Crippen molar-refractivity contribution in [2.45, 2.75) is 44.8 Å². The lowest BCUT2D eigenvalue weighted by atomic mass is 10.0. The van der Waals surface area contributed by atoms with Crippen molar-refractivity contribution < 1.29 is 14.7 Å². The van der Waals surface area contributed by atoms with E-state index in [1.54, 1.807) is 4.90 Å². The average Bonchev–Trinajstić information content (AvgIpc) is 3.27. The van der Waals surface area contributed by atoms with Crippen molar-refractivity contribution in [3.8, 4) is 11.1 Å². The molecule has 1 fully saturated rings. The smallest absolute Gasteiger partial charge is 0.243 e. The second-order valence-electron chi connectivity index (χ2n) is 8.19. The highest BCUT2D eigenvalue weighted by atomic mass is 16.3. The largest absolute Gasteiger partial charge is 0.394 e. The predicted molar refractivity (Wildman–Crippen MR) is 117 cm³/mol. The van der Waals surface area contributed by atoms with Crippen LogP contribution in [0.5, 0.6) is 0 Å². The molecule has 0 aliphatic carbocycles. The van der Waals surface area contributed by atoms with Crippen LogP contribution < -0.4 is 11.1 Å². The Hall–Kier alpha value is -2.70. The average molecular weight is 410 g/mol. The fourth-order valence-corrected chi connectivity index (χ4v) is 3.82. The lowest BCUT2D eigenvalue weighted by Gasteiger charge is -2.29. The van der Waals surface area contributed by atoms with Crippen LogP contribution in [0.1, 0.15) is 38.3 Å². The molecule has 0 bridgehead atoms. The minimum atomic E-state index is -0.613. The lowest BCUT2D eigenvalue weighted by Crippen LogP contribution is -2.53. The van der Waals surface area contributed by atoms with E-state index in [-0.39, 0.29) is 24.3 Å². The van der Waals surface area contributed by atoms with Crippen LogP contribution in [0, 0.1) is 5.92 Å². The number of nitrogens with zero attached hydrogens (tertiary/aromatic N) is 1. The maximum Gasteiger partial charge on any atom is 0.243 e. The minimum Gasteiger partial charge on any atom is -0.394 e. The van der Waals surface area contributed by atoms with Gasteiger partial charge in [0.05, 0.1) is 18.7 Å². The fourth-order valence-electron chi connectivity index (χ4n) is 3.82. The third kappa shape index (κ3) is 4.89. The fraction of sp³-hybridized carbons (Fsp3) is 0.417. The summed E-state index contributed by atoms with van der Waals surface area (Å²) < 4.78 is 0. The van der Waals surface area contributed by atoms with Gasteiger partial charge in [-0.2, -0.15) is 0 Å². The number of nitrogens with one attached hydrogen (secondary N) is 1. The molecule has 3 unspecified atom stereocenters. The molecule has 0 saturated carbocycles. The molecule has 1 aliphatic heterocycles. The van der Waals surface area contributed by atoms with Crippen molar-refractivity contribution in [3.63, 3.8) is 0 Å². The molecule has 2 aromatic carbocycles. The van der Waals surface area contributed by atoms with E-state index in [4.69, 9.17) is 5.73 Å². The van der Waals surface area contributed by atoms with Gasteiger partial charge in [-0.25, -0.2) is 0 Å². The van der Waals surface area contributed by atoms with E-state index in [0.717, 1.165) is 23.1 Å². The van der Waals surface area contributed by atoms with E-state index in [2.05, 4.69) is 5.32 Å². The quantitative estimate of drug-likeness (QED) is 0.655. The molecule has 6 heteroatoms. The molecule has 0 spiro atoms. The predicted octanol–water partition coefficient (Wildman–Crippen LogP) is 2.48. The zero-order chi connectivity index (χ0) is 21.7. The molecule has 4 N–H and O–H groups in total. The van der Waals surface area contributed by atoms with Gasteiger partial charge in [0, 0.05) is 6.54 Å². The zero-order valence-corrected chi connectivity index (χ0v) is 17.6. The molecule has 30 heavy (non-hydrogen) atoms. The first kappa shape index (κ1) is 22.0. The number of hydrogen-bond donors (Lipinski definition) is 3. The van der Waals surface area contributed by atoms with Crippen molar-refractivity contribution in [2.24, 2.45) is 11.7 Å². The van der Waals surface area contributed by atoms with E-state index >= 15 is 0 Å². The summed E-state index contributed by atoms with van der Waals surface area (Å²) in [5.74, 6) is -0.423. The van der Waals surface area contributed by atoms with Gasteiger partial charge in [-0.1, -0.05) is 68.4 Å². The van der Waals surface area contributed by atoms with Crippen molar-refractivity contribution >= 4 is 11.8 Å². The second-order valence-corrected chi connectivity index (χ2v) is 8.19. The standard InChI is InChI=1S/C24H31N3O3/c1-16(2)22(25)24(30)27-14-6-9-21(27)23(29)26-20(15-28)19-12-10-18(11-13-19)17-7-4-3-5-8-17/h3-5,7-8,10-13,16,20-22,28H,6,9,14-15,25H2,1-2H3,(H,26,29). The van der Waals surface area contributed by atoms with Crippen LogP contribution in [-0.4, -0.2) is 47.1 Å². The van der Waals surface area contributed by atoms with E-state index < -0.39 is 18.1 Å². The number of likely N-dealkylation sites (tertiary alicyclic amines) is 1. The summed E-state index contributed by atoms with van der Waals surface area (Å²) in [6, 6.07) is 16.1. The highest BCUT2D eigenvalue weighted by molar-refractivity contribution is 5.90. The van der Waals surface area contributed by atoms with Crippen LogP contribution in [0.3, 0.4) is 0 Å². The van der Waals surface area contributed by atoms with Gasteiger partial charge < -0.3 is 21.1 Å². The number of aliphatic hydroxyl groups is 1. The Morgan fingerprint density at radius 2 is 1.73 bits per heavy atom. The first-order valence-electron chi connectivity index (χ1n) is 10.5. The summed E-state index contributed by atoms with van der Waals surface area (Å²) >= 11 is 0. The number of aliphatic hydroxyl groups excluding tert-OH is 1. The van der Waals surface area contributed by atoms with Gasteiger partial charge >= 0.3 is 0 Å². The normalized spacial score (nSPS) is 18.3. The number of benzene rings is 2. The summed E-state index contributed by atoms with van der Waals surface area (Å²) in [5.41, 5.74) is 9.01. The molecule has 160 valence electrons. The third-order valence-corrected chi connectivity index (χ3v) is 5.76. The van der Waals surface area contributed by atoms with Gasteiger partial charge in [-0.05, 0) is 35.4 Å². The molecule has 2 aromatic rings. The van der Waals surface area contributed by atoms with Crippen LogP contribution in [0.4, 0.5) is 0 Å². The molecule has 2 amide bonds. The maximum absolute atomic E-state index is 12.9. The lowest BCUT2D eigenvalue weighted by molar-refractivity contribution is -0.140. The SMILES string of the molecule is CC(C)C(N)C(=O)N1CCCC1C(=O)NC(CO)c1ccc(-c2ccccc2)cc1. The monoisotopic (exact) mass is 409 g/mol. The molecule has 0 radical (unpaired) electrons. The highest BCUT2D eigenvalue weighted by Gasteiger charge is 2.37. The molecular formula is C24H31N3O3. The van der Waals surface area contributed by atoms with Crippen LogP contribution in [0.25, 0.3) is 11.1 Å².